The monoisotopic (exact) mass is 224 g/mol. The summed E-state index contributed by atoms with van der Waals surface area (Å²) in [6.07, 6.45) is 1.20. The lowest BCUT2D eigenvalue weighted by atomic mass is 10.2. The Bertz CT molecular complexity index is 310. The lowest BCUT2D eigenvalue weighted by Crippen LogP contribution is -2.13. The predicted octanol–water partition coefficient (Wildman–Crippen LogP) is 2.62. The first-order valence-electron chi connectivity index (χ1n) is 5.24. The number of benzene rings is 1. The van der Waals surface area contributed by atoms with Crippen LogP contribution in [0, 0.1) is 6.92 Å². The van der Waals surface area contributed by atoms with Crippen LogP contribution in [0.5, 0.6) is 0 Å². The fourth-order valence-electron chi connectivity index (χ4n) is 1.34. The van der Waals surface area contributed by atoms with Gasteiger partial charge in [0.25, 0.3) is 0 Å². The van der Waals surface area contributed by atoms with E-state index in [1.54, 1.807) is 0 Å². The van der Waals surface area contributed by atoms with Crippen molar-refractivity contribution in [2.45, 2.75) is 18.2 Å². The normalized spacial score (nSPS) is 10.9. The largest absolute Gasteiger partial charge is 0.398 e. The van der Waals surface area contributed by atoms with Crippen LogP contribution in [0.25, 0.3) is 0 Å². The van der Waals surface area contributed by atoms with Crippen LogP contribution in [0.1, 0.15) is 12.0 Å². The maximum Gasteiger partial charge on any atom is 0.0481 e. The molecule has 0 amide bonds. The summed E-state index contributed by atoms with van der Waals surface area (Å²) < 4.78 is 0. The minimum atomic E-state index is 0.937. The third kappa shape index (κ3) is 4.14. The molecule has 0 aliphatic heterocycles. The zero-order chi connectivity index (χ0) is 11.3. The van der Waals surface area contributed by atoms with Crippen LogP contribution in [0.15, 0.2) is 23.1 Å². The van der Waals surface area contributed by atoms with Gasteiger partial charge in [0, 0.05) is 10.6 Å². The summed E-state index contributed by atoms with van der Waals surface area (Å²) >= 11 is 1.85. The molecule has 0 fully saturated rings. The van der Waals surface area contributed by atoms with Crippen LogP contribution in [-0.4, -0.2) is 31.3 Å². The molecule has 1 aromatic rings. The van der Waals surface area contributed by atoms with E-state index in [9.17, 15) is 0 Å². The van der Waals surface area contributed by atoms with E-state index in [0.717, 1.165) is 18.0 Å². The van der Waals surface area contributed by atoms with Gasteiger partial charge in [-0.1, -0.05) is 12.1 Å². The van der Waals surface area contributed by atoms with Crippen molar-refractivity contribution >= 4 is 17.4 Å². The summed E-state index contributed by atoms with van der Waals surface area (Å²) in [6.45, 7) is 3.19. The molecule has 0 unspecified atom stereocenters. The average Bonchev–Trinajstić information content (AvgIpc) is 2.18. The minimum absolute atomic E-state index is 0.937. The molecule has 84 valence electrons. The zero-order valence-electron chi connectivity index (χ0n) is 9.79. The van der Waals surface area contributed by atoms with E-state index in [4.69, 9.17) is 5.73 Å². The number of hydrogen-bond donors (Lipinski definition) is 1. The first-order valence-corrected chi connectivity index (χ1v) is 6.22. The number of anilines is 1. The molecule has 2 N–H and O–H groups in total. The maximum atomic E-state index is 5.99. The Morgan fingerprint density at radius 2 is 2.07 bits per heavy atom. The predicted molar refractivity (Wildman–Crippen MR) is 69.5 cm³/mol. The zero-order valence-corrected chi connectivity index (χ0v) is 10.6. The smallest absolute Gasteiger partial charge is 0.0481 e. The van der Waals surface area contributed by atoms with Crippen molar-refractivity contribution in [1.29, 1.82) is 0 Å². The fourth-order valence-corrected chi connectivity index (χ4v) is 2.33. The lowest BCUT2D eigenvalue weighted by molar-refractivity contribution is 0.410. The van der Waals surface area contributed by atoms with Crippen LogP contribution in [0.4, 0.5) is 5.69 Å². The molecule has 0 saturated carbocycles. The minimum Gasteiger partial charge on any atom is -0.398 e. The topological polar surface area (TPSA) is 29.3 Å². The number of aryl methyl sites for hydroxylation is 1. The molecule has 0 heterocycles. The second kappa shape index (κ2) is 6.03. The number of nitrogens with zero attached hydrogens (tertiary/aromatic N) is 1. The van der Waals surface area contributed by atoms with Gasteiger partial charge in [0.2, 0.25) is 0 Å². The summed E-state index contributed by atoms with van der Waals surface area (Å²) in [5.74, 6) is 1.13. The Morgan fingerprint density at radius 3 is 2.73 bits per heavy atom. The molecule has 0 aliphatic rings. The van der Waals surface area contributed by atoms with Gasteiger partial charge in [-0.2, -0.15) is 0 Å². The van der Waals surface area contributed by atoms with E-state index >= 15 is 0 Å². The van der Waals surface area contributed by atoms with Gasteiger partial charge >= 0.3 is 0 Å². The highest BCUT2D eigenvalue weighted by atomic mass is 32.2. The van der Waals surface area contributed by atoms with Crippen LogP contribution in [-0.2, 0) is 0 Å². The third-order valence-electron chi connectivity index (χ3n) is 2.29. The standard InChI is InChI=1S/C12H20N2S/c1-10-6-4-7-11(12(10)13)15-9-5-8-14(2)3/h4,6-7H,5,8-9,13H2,1-3H3. The third-order valence-corrected chi connectivity index (χ3v) is 3.45. The van der Waals surface area contributed by atoms with Gasteiger partial charge in [0.15, 0.2) is 0 Å². The summed E-state index contributed by atoms with van der Waals surface area (Å²) in [4.78, 5) is 3.42. The number of thioether (sulfide) groups is 1. The molecule has 0 aromatic heterocycles. The molecule has 0 spiro atoms. The van der Waals surface area contributed by atoms with Crippen molar-refractivity contribution < 1.29 is 0 Å². The summed E-state index contributed by atoms with van der Waals surface area (Å²) in [7, 11) is 4.21. The summed E-state index contributed by atoms with van der Waals surface area (Å²) in [6, 6.07) is 6.22. The lowest BCUT2D eigenvalue weighted by Gasteiger charge is -2.10. The Balaban J connectivity index is 2.41. The fraction of sp³-hybridized carbons (Fsp3) is 0.500. The molecule has 0 saturated heterocycles. The van der Waals surface area contributed by atoms with E-state index in [2.05, 4.69) is 44.1 Å². The van der Waals surface area contributed by atoms with Crippen LogP contribution in [0.3, 0.4) is 0 Å². The molecule has 0 radical (unpaired) electrons. The van der Waals surface area contributed by atoms with Crippen molar-refractivity contribution in [2.24, 2.45) is 0 Å². The first-order chi connectivity index (χ1) is 7.11. The molecule has 1 rings (SSSR count). The van der Waals surface area contributed by atoms with E-state index in [1.165, 1.54) is 16.9 Å². The molecule has 1 aromatic carbocycles. The molecule has 0 atom stereocenters. The van der Waals surface area contributed by atoms with Crippen molar-refractivity contribution in [1.82, 2.24) is 4.90 Å². The van der Waals surface area contributed by atoms with Gasteiger partial charge < -0.3 is 10.6 Å². The van der Waals surface area contributed by atoms with Crippen molar-refractivity contribution in [3.05, 3.63) is 23.8 Å². The summed E-state index contributed by atoms with van der Waals surface area (Å²) in [5, 5.41) is 0. The average molecular weight is 224 g/mol. The maximum absolute atomic E-state index is 5.99. The van der Waals surface area contributed by atoms with Crippen LogP contribution >= 0.6 is 11.8 Å². The second-order valence-corrected chi connectivity index (χ2v) is 5.13. The molecule has 0 bridgehead atoms. The molecule has 3 heteroatoms. The Kier molecular flexibility index (Phi) is 4.99. The molecule has 2 nitrogen and oxygen atoms in total. The Hall–Kier alpha value is -0.670. The molecule has 15 heavy (non-hydrogen) atoms. The van der Waals surface area contributed by atoms with Crippen LogP contribution < -0.4 is 5.73 Å². The van der Waals surface area contributed by atoms with Gasteiger partial charge in [0.05, 0.1) is 0 Å². The first kappa shape index (κ1) is 12.4. The van der Waals surface area contributed by atoms with Gasteiger partial charge in [0.1, 0.15) is 0 Å². The highest BCUT2D eigenvalue weighted by Crippen LogP contribution is 2.27. The van der Waals surface area contributed by atoms with E-state index < -0.39 is 0 Å². The van der Waals surface area contributed by atoms with Crippen molar-refractivity contribution in [2.75, 3.05) is 32.1 Å². The van der Waals surface area contributed by atoms with E-state index in [0.29, 0.717) is 0 Å². The number of hydrogen-bond acceptors (Lipinski definition) is 3. The second-order valence-electron chi connectivity index (χ2n) is 3.99. The molecular weight excluding hydrogens is 204 g/mol. The van der Waals surface area contributed by atoms with Gasteiger partial charge in [-0.3, -0.25) is 0 Å². The van der Waals surface area contributed by atoms with Crippen molar-refractivity contribution in [3.63, 3.8) is 0 Å². The van der Waals surface area contributed by atoms with Gasteiger partial charge in [-0.25, -0.2) is 0 Å². The highest BCUT2D eigenvalue weighted by molar-refractivity contribution is 7.99. The quantitative estimate of drug-likeness (QED) is 0.473. The Labute approximate surface area is 96.8 Å². The number of nitrogens with two attached hydrogens (primary N) is 1. The van der Waals surface area contributed by atoms with Crippen molar-refractivity contribution in [3.8, 4) is 0 Å². The highest BCUT2D eigenvalue weighted by Gasteiger charge is 2.01. The van der Waals surface area contributed by atoms with E-state index in [1.807, 2.05) is 11.8 Å². The number of rotatable bonds is 5. The van der Waals surface area contributed by atoms with Gasteiger partial charge in [-0.05, 0) is 51.4 Å². The van der Waals surface area contributed by atoms with E-state index in [-0.39, 0.29) is 0 Å². The molecule has 0 aliphatic carbocycles. The summed E-state index contributed by atoms with van der Waals surface area (Å²) in [5.41, 5.74) is 8.10. The molecular formula is C12H20N2S. The SMILES string of the molecule is Cc1cccc(SCCCN(C)C)c1N. The van der Waals surface area contributed by atoms with Gasteiger partial charge in [-0.15, -0.1) is 11.8 Å². The Morgan fingerprint density at radius 1 is 1.33 bits per heavy atom. The number of nitrogen functional groups attached to an aromatic ring is 1. The van der Waals surface area contributed by atoms with Crippen LogP contribution in [0.2, 0.25) is 0 Å². The number of para-hydroxylation sites is 1.